The number of rotatable bonds is 2. The number of benzene rings is 5. The fourth-order valence-electron chi connectivity index (χ4n) is 6.38. The van der Waals surface area contributed by atoms with Crippen molar-refractivity contribution in [2.24, 2.45) is 0 Å². The summed E-state index contributed by atoms with van der Waals surface area (Å²) in [7, 11) is 0. The first-order chi connectivity index (χ1) is 18.1. The van der Waals surface area contributed by atoms with E-state index in [1.54, 1.807) is 0 Å². The molecule has 2 aromatic heterocycles. The number of para-hydroxylation sites is 1. The maximum Gasteiger partial charge on any atom is 0.159 e. The van der Waals surface area contributed by atoms with Gasteiger partial charge >= 0.3 is 0 Å². The number of furan rings is 1. The van der Waals surface area contributed by atoms with Crippen molar-refractivity contribution in [1.29, 1.82) is 0 Å². The molecule has 0 unspecified atom stereocenters. The van der Waals surface area contributed by atoms with Gasteiger partial charge in [-0.2, -0.15) is 0 Å². The van der Waals surface area contributed by atoms with Gasteiger partial charge in [0.25, 0.3) is 0 Å². The monoisotopic (exact) mass is 475 g/mol. The molecule has 1 aliphatic rings. The molecule has 0 saturated heterocycles. The number of fused-ring (bicyclic) bond motifs is 9. The first kappa shape index (κ1) is 20.6. The third kappa shape index (κ3) is 2.70. The highest BCUT2D eigenvalue weighted by molar-refractivity contribution is 6.20. The number of aromatic nitrogens is 1. The maximum atomic E-state index is 6.91. The molecule has 176 valence electrons. The van der Waals surface area contributed by atoms with Gasteiger partial charge in [0.15, 0.2) is 5.58 Å². The summed E-state index contributed by atoms with van der Waals surface area (Å²) in [6.45, 7) is 4.55. The molecule has 0 N–H and O–H groups in total. The Morgan fingerprint density at radius 2 is 1.32 bits per heavy atom. The lowest BCUT2D eigenvalue weighted by molar-refractivity contribution is 0.466. The summed E-state index contributed by atoms with van der Waals surface area (Å²) in [6.07, 6.45) is 0. The van der Waals surface area contributed by atoms with E-state index in [1.807, 2.05) is 0 Å². The predicted octanol–water partition coefficient (Wildman–Crippen LogP) is 9.50. The lowest BCUT2D eigenvalue weighted by atomic mass is 9.86. The van der Waals surface area contributed by atoms with E-state index < -0.39 is 0 Å². The van der Waals surface area contributed by atoms with Crippen LogP contribution in [0.4, 0.5) is 0 Å². The van der Waals surface area contributed by atoms with Crippen LogP contribution >= 0.6 is 0 Å². The van der Waals surface area contributed by atoms with E-state index >= 15 is 0 Å². The van der Waals surface area contributed by atoms with Gasteiger partial charge in [-0.1, -0.05) is 84.9 Å². The lowest BCUT2D eigenvalue weighted by Gasteiger charge is -2.18. The molecule has 2 heteroatoms. The van der Waals surface area contributed by atoms with Gasteiger partial charge < -0.3 is 8.98 Å². The Labute approximate surface area is 215 Å². The summed E-state index contributed by atoms with van der Waals surface area (Å²) in [5.41, 5.74) is 10.5. The molecule has 0 aliphatic heterocycles. The maximum absolute atomic E-state index is 6.91. The molecule has 2 heterocycles. The summed E-state index contributed by atoms with van der Waals surface area (Å²) in [6, 6.07) is 41.4. The smallest absolute Gasteiger partial charge is 0.159 e. The third-order valence-corrected chi connectivity index (χ3v) is 8.14. The van der Waals surface area contributed by atoms with Crippen LogP contribution in [0.5, 0.6) is 0 Å². The molecule has 0 bridgehead atoms. The topological polar surface area (TPSA) is 18.1 Å². The van der Waals surface area contributed by atoms with Crippen molar-refractivity contribution in [1.82, 2.24) is 4.57 Å². The second-order valence-electron chi connectivity index (χ2n) is 10.6. The molecule has 1 aliphatic carbocycles. The van der Waals surface area contributed by atoms with Gasteiger partial charge in [0, 0.05) is 32.8 Å². The van der Waals surface area contributed by atoms with E-state index in [-0.39, 0.29) is 5.41 Å². The molecule has 2 nitrogen and oxygen atoms in total. The van der Waals surface area contributed by atoms with Crippen LogP contribution < -0.4 is 0 Å². The molecule has 0 saturated carbocycles. The zero-order valence-electron chi connectivity index (χ0n) is 20.8. The van der Waals surface area contributed by atoms with E-state index in [2.05, 4.69) is 134 Å². The zero-order valence-corrected chi connectivity index (χ0v) is 20.8. The highest BCUT2D eigenvalue weighted by atomic mass is 16.3. The van der Waals surface area contributed by atoms with Crippen molar-refractivity contribution < 1.29 is 4.42 Å². The molecule has 0 atom stereocenters. The van der Waals surface area contributed by atoms with Gasteiger partial charge in [-0.3, -0.25) is 0 Å². The Balaban J connectivity index is 1.52. The van der Waals surface area contributed by atoms with Gasteiger partial charge in [0.05, 0.1) is 11.0 Å². The van der Waals surface area contributed by atoms with E-state index in [9.17, 15) is 0 Å². The molecular weight excluding hydrogens is 450 g/mol. The van der Waals surface area contributed by atoms with Crippen LogP contribution in [0.1, 0.15) is 25.2 Å². The zero-order chi connectivity index (χ0) is 24.7. The van der Waals surface area contributed by atoms with Gasteiger partial charge in [-0.05, 0) is 66.4 Å². The molecule has 5 aromatic carbocycles. The van der Waals surface area contributed by atoms with Crippen LogP contribution in [-0.2, 0) is 5.41 Å². The SMILES string of the molecule is CC1(C)c2ccccc2-c2c1oc1c2ccc2c3cc(-c4ccccc4)ccc3n(-c3ccccc3)c21. The van der Waals surface area contributed by atoms with Crippen LogP contribution in [0.15, 0.2) is 120 Å². The molecule has 0 fully saturated rings. The number of hydrogen-bond donors (Lipinski definition) is 0. The molecule has 0 radical (unpaired) electrons. The minimum absolute atomic E-state index is 0.179. The van der Waals surface area contributed by atoms with Crippen molar-refractivity contribution >= 4 is 32.8 Å². The van der Waals surface area contributed by atoms with E-state index in [1.165, 1.54) is 49.5 Å². The Bertz CT molecular complexity index is 1990. The normalized spacial score (nSPS) is 13.9. The van der Waals surface area contributed by atoms with Crippen LogP contribution in [0, 0.1) is 0 Å². The molecule has 37 heavy (non-hydrogen) atoms. The molecule has 8 rings (SSSR count). The van der Waals surface area contributed by atoms with Gasteiger partial charge in [0.2, 0.25) is 0 Å². The molecule has 0 spiro atoms. The summed E-state index contributed by atoms with van der Waals surface area (Å²) in [5, 5.41) is 3.63. The summed E-state index contributed by atoms with van der Waals surface area (Å²) < 4.78 is 9.28. The number of hydrogen-bond acceptors (Lipinski definition) is 1. The second kappa shape index (κ2) is 7.24. The average Bonchev–Trinajstić information content (AvgIpc) is 3.56. The van der Waals surface area contributed by atoms with E-state index in [0.717, 1.165) is 22.5 Å². The lowest BCUT2D eigenvalue weighted by Crippen LogP contribution is -2.14. The van der Waals surface area contributed by atoms with Gasteiger partial charge in [-0.15, -0.1) is 0 Å². The standard InChI is InChI=1S/C35H25NO/c1-35(2)29-16-10-9-15-26(29)31-27-19-18-25-28-21-23(22-11-5-3-6-12-22)17-20-30(28)36(24-13-7-4-8-14-24)32(25)33(27)37-34(31)35/h3-21H,1-2H3. The largest absolute Gasteiger partial charge is 0.457 e. The Morgan fingerprint density at radius 3 is 2.14 bits per heavy atom. The van der Waals surface area contributed by atoms with Crippen LogP contribution in [-0.4, -0.2) is 4.57 Å². The number of nitrogens with zero attached hydrogens (tertiary/aromatic N) is 1. The first-order valence-corrected chi connectivity index (χ1v) is 12.9. The fourth-order valence-corrected chi connectivity index (χ4v) is 6.38. The van der Waals surface area contributed by atoms with E-state index in [0.29, 0.717) is 0 Å². The van der Waals surface area contributed by atoms with Crippen molar-refractivity contribution in [3.63, 3.8) is 0 Å². The van der Waals surface area contributed by atoms with Crippen LogP contribution in [0.25, 0.3) is 60.7 Å². The van der Waals surface area contributed by atoms with Crippen LogP contribution in [0.2, 0.25) is 0 Å². The Morgan fingerprint density at radius 1 is 0.622 bits per heavy atom. The molecule has 7 aromatic rings. The predicted molar refractivity (Wildman–Crippen MR) is 154 cm³/mol. The molecular formula is C35H25NO. The fraction of sp³-hybridized carbons (Fsp3) is 0.0857. The second-order valence-corrected chi connectivity index (χ2v) is 10.6. The van der Waals surface area contributed by atoms with Crippen molar-refractivity contribution in [2.75, 3.05) is 0 Å². The summed E-state index contributed by atoms with van der Waals surface area (Å²) >= 11 is 0. The minimum Gasteiger partial charge on any atom is -0.457 e. The Kier molecular flexibility index (Phi) is 4.03. The minimum atomic E-state index is -0.179. The first-order valence-electron chi connectivity index (χ1n) is 12.9. The molecule has 0 amide bonds. The van der Waals surface area contributed by atoms with Crippen molar-refractivity contribution in [2.45, 2.75) is 19.3 Å². The third-order valence-electron chi connectivity index (χ3n) is 8.14. The van der Waals surface area contributed by atoms with Crippen LogP contribution in [0.3, 0.4) is 0 Å². The van der Waals surface area contributed by atoms with Gasteiger partial charge in [0.1, 0.15) is 5.76 Å². The van der Waals surface area contributed by atoms with Crippen molar-refractivity contribution in [3.8, 4) is 27.9 Å². The van der Waals surface area contributed by atoms with Gasteiger partial charge in [-0.25, -0.2) is 0 Å². The average molecular weight is 476 g/mol. The highest BCUT2D eigenvalue weighted by Gasteiger charge is 2.40. The van der Waals surface area contributed by atoms with E-state index in [4.69, 9.17) is 4.42 Å². The van der Waals surface area contributed by atoms with Crippen molar-refractivity contribution in [3.05, 3.63) is 127 Å². The quantitative estimate of drug-likeness (QED) is 0.243. The Hall–Kier alpha value is -4.56. The highest BCUT2D eigenvalue weighted by Crippen LogP contribution is 2.54. The summed E-state index contributed by atoms with van der Waals surface area (Å²) in [5.74, 6) is 1.06. The summed E-state index contributed by atoms with van der Waals surface area (Å²) in [4.78, 5) is 0.